The summed E-state index contributed by atoms with van der Waals surface area (Å²) < 4.78 is 0. The average molecular weight is 537 g/mol. The zero-order chi connectivity index (χ0) is 29.8. The summed E-state index contributed by atoms with van der Waals surface area (Å²) in [5.74, 6) is 0.532. The minimum absolute atomic E-state index is 0.291. The maximum atomic E-state index is 2.41. The van der Waals surface area contributed by atoms with Crippen molar-refractivity contribution in [3.63, 3.8) is 0 Å². The van der Waals surface area contributed by atoms with Crippen LogP contribution in [-0.2, 0) is 0 Å². The molecule has 0 saturated heterocycles. The van der Waals surface area contributed by atoms with E-state index in [4.69, 9.17) is 0 Å². The fourth-order valence-electron chi connectivity index (χ4n) is 5.80. The number of hydrogen-bond donors (Lipinski definition) is 0. The van der Waals surface area contributed by atoms with Gasteiger partial charge < -0.3 is 0 Å². The van der Waals surface area contributed by atoms with Crippen LogP contribution >= 0.6 is 0 Å². The van der Waals surface area contributed by atoms with Crippen LogP contribution in [0.1, 0.15) is 101 Å². The summed E-state index contributed by atoms with van der Waals surface area (Å²) >= 11 is 0. The van der Waals surface area contributed by atoms with Gasteiger partial charge >= 0.3 is 0 Å². The Morgan fingerprint density at radius 1 is 0.700 bits per heavy atom. The van der Waals surface area contributed by atoms with E-state index >= 15 is 0 Å². The molecule has 2 aliphatic rings. The third-order valence-electron chi connectivity index (χ3n) is 8.46. The van der Waals surface area contributed by atoms with Gasteiger partial charge in [0.1, 0.15) is 0 Å². The van der Waals surface area contributed by atoms with Gasteiger partial charge in [0.2, 0.25) is 0 Å². The first-order valence-corrected chi connectivity index (χ1v) is 15.3. The highest BCUT2D eigenvalue weighted by Gasteiger charge is 2.30. The Morgan fingerprint density at radius 3 is 1.77 bits per heavy atom. The first-order valence-electron chi connectivity index (χ1n) is 15.3. The fraction of sp³-hybridized carbons (Fsp3) is 0.450. The minimum Gasteiger partial charge on any atom is -0.0850 e. The third-order valence-corrected chi connectivity index (χ3v) is 8.46. The van der Waals surface area contributed by atoms with Crippen LogP contribution < -0.4 is 0 Å². The van der Waals surface area contributed by atoms with E-state index in [9.17, 15) is 0 Å². The zero-order valence-electron chi connectivity index (χ0n) is 27.3. The summed E-state index contributed by atoms with van der Waals surface area (Å²) in [6.07, 6.45) is 39.5. The van der Waals surface area contributed by atoms with Gasteiger partial charge in [-0.3, -0.25) is 0 Å². The fourth-order valence-corrected chi connectivity index (χ4v) is 5.80. The highest BCUT2D eigenvalue weighted by Crippen LogP contribution is 2.42. The molecule has 0 radical (unpaired) electrons. The summed E-state index contributed by atoms with van der Waals surface area (Å²) in [7, 11) is 0. The highest BCUT2D eigenvalue weighted by atomic mass is 14.3. The molecule has 0 saturated carbocycles. The van der Waals surface area contributed by atoms with Crippen LogP contribution in [0.2, 0.25) is 0 Å². The molecule has 0 heterocycles. The van der Waals surface area contributed by atoms with Gasteiger partial charge in [-0.1, -0.05) is 152 Å². The molecule has 40 heavy (non-hydrogen) atoms. The SMILES string of the molecule is CC1=CCCC(C)(C)[C@H]1\C=C/C(C)=C/C=C/C(C)=C/C=C/C=C(C)\C=C\C=C(C)\C=C\C1=C(C)CCCC1(C)C. The molecule has 0 spiro atoms. The van der Waals surface area contributed by atoms with Crippen LogP contribution in [0, 0.1) is 16.7 Å². The van der Waals surface area contributed by atoms with Gasteiger partial charge in [-0.15, -0.1) is 0 Å². The standard InChI is InChI=1S/C40H56/c1-31(19-13-21-33(3)25-27-37-35(5)23-15-29-39(37,7)8)17-11-12-18-32(2)20-14-22-34(4)26-28-38-36(6)24-16-30-40(38,9)10/h11-14,17-23,25-28,37H,15-16,24,29-30H2,1-10H3/b12-11+,19-13+,20-14+,27-25-,28-26+,31-17+,32-18-,33-21+,34-22+/t37-/m0/s1. The molecule has 0 fully saturated rings. The summed E-state index contributed by atoms with van der Waals surface area (Å²) in [6, 6.07) is 0. The first kappa shape index (κ1) is 33.3. The third kappa shape index (κ3) is 11.3. The van der Waals surface area contributed by atoms with Crippen molar-refractivity contribution in [2.45, 2.75) is 101 Å². The van der Waals surface area contributed by atoms with Crippen LogP contribution in [0.4, 0.5) is 0 Å². The largest absolute Gasteiger partial charge is 0.0850 e. The van der Waals surface area contributed by atoms with Crippen molar-refractivity contribution in [3.05, 3.63) is 130 Å². The van der Waals surface area contributed by atoms with Crippen molar-refractivity contribution in [3.8, 4) is 0 Å². The maximum Gasteiger partial charge on any atom is 0.00285 e. The normalized spacial score (nSPS) is 23.6. The number of allylic oxidation sites excluding steroid dienone is 22. The molecule has 2 rings (SSSR count). The Kier molecular flexibility index (Phi) is 13.2. The lowest BCUT2D eigenvalue weighted by Gasteiger charge is -2.36. The maximum absolute atomic E-state index is 2.41. The van der Waals surface area contributed by atoms with Crippen molar-refractivity contribution in [1.29, 1.82) is 0 Å². The van der Waals surface area contributed by atoms with Crippen LogP contribution in [-0.4, -0.2) is 0 Å². The molecule has 0 unspecified atom stereocenters. The van der Waals surface area contributed by atoms with E-state index in [0.29, 0.717) is 16.7 Å². The molecule has 0 N–H and O–H groups in total. The first-order chi connectivity index (χ1) is 18.8. The minimum atomic E-state index is 0.291. The van der Waals surface area contributed by atoms with Gasteiger partial charge in [0.25, 0.3) is 0 Å². The molecule has 0 heteroatoms. The molecule has 1 atom stereocenters. The monoisotopic (exact) mass is 536 g/mol. The van der Waals surface area contributed by atoms with Gasteiger partial charge in [0.05, 0.1) is 0 Å². The second kappa shape index (κ2) is 15.8. The van der Waals surface area contributed by atoms with Gasteiger partial charge in [-0.05, 0) is 90.0 Å². The molecular weight excluding hydrogens is 480 g/mol. The van der Waals surface area contributed by atoms with E-state index in [0.717, 1.165) is 0 Å². The number of rotatable bonds is 10. The van der Waals surface area contributed by atoms with E-state index in [2.05, 4.69) is 160 Å². The second-order valence-electron chi connectivity index (χ2n) is 13.3. The molecule has 2 aliphatic carbocycles. The quantitative estimate of drug-likeness (QED) is 0.192. The smallest absolute Gasteiger partial charge is 0.00285 e. The van der Waals surface area contributed by atoms with E-state index in [-0.39, 0.29) is 0 Å². The van der Waals surface area contributed by atoms with Crippen LogP contribution in [0.25, 0.3) is 0 Å². The molecule has 0 bridgehead atoms. The van der Waals surface area contributed by atoms with Gasteiger partial charge in [0.15, 0.2) is 0 Å². The van der Waals surface area contributed by atoms with Gasteiger partial charge in [0, 0.05) is 5.92 Å². The van der Waals surface area contributed by atoms with Crippen LogP contribution in [0.5, 0.6) is 0 Å². The summed E-state index contributed by atoms with van der Waals surface area (Å²) in [6.45, 7) is 22.7. The van der Waals surface area contributed by atoms with Crippen molar-refractivity contribution in [1.82, 2.24) is 0 Å². The lowest BCUT2D eigenvalue weighted by molar-refractivity contribution is 0.255. The number of hydrogen-bond acceptors (Lipinski definition) is 0. The van der Waals surface area contributed by atoms with Crippen molar-refractivity contribution < 1.29 is 0 Å². The Hall–Kier alpha value is -2.86. The van der Waals surface area contributed by atoms with Crippen molar-refractivity contribution in [2.75, 3.05) is 0 Å². The predicted octanol–water partition coefficient (Wildman–Crippen LogP) is 12.5. The Labute approximate surface area is 247 Å². The van der Waals surface area contributed by atoms with Crippen LogP contribution in [0.3, 0.4) is 0 Å². The van der Waals surface area contributed by atoms with E-state index in [1.54, 1.807) is 5.57 Å². The molecule has 0 aromatic rings. The molecule has 0 aromatic carbocycles. The molecular formula is C40H56. The Balaban J connectivity index is 1.88. The Morgan fingerprint density at radius 2 is 1.23 bits per heavy atom. The molecule has 0 aromatic heterocycles. The summed E-state index contributed by atoms with van der Waals surface area (Å²) in [5, 5.41) is 0. The highest BCUT2D eigenvalue weighted by molar-refractivity contribution is 5.37. The topological polar surface area (TPSA) is 0 Å². The van der Waals surface area contributed by atoms with E-state index in [1.165, 1.54) is 65.5 Å². The van der Waals surface area contributed by atoms with Gasteiger partial charge in [-0.2, -0.15) is 0 Å². The summed E-state index contributed by atoms with van der Waals surface area (Å²) in [4.78, 5) is 0. The summed E-state index contributed by atoms with van der Waals surface area (Å²) in [5.41, 5.74) is 10.2. The Bertz CT molecular complexity index is 1200. The molecule has 0 aliphatic heterocycles. The van der Waals surface area contributed by atoms with Crippen molar-refractivity contribution >= 4 is 0 Å². The lowest BCUT2D eigenvalue weighted by Crippen LogP contribution is -2.26. The second-order valence-corrected chi connectivity index (χ2v) is 13.3. The molecule has 0 amide bonds. The van der Waals surface area contributed by atoms with Crippen molar-refractivity contribution in [2.24, 2.45) is 16.7 Å². The van der Waals surface area contributed by atoms with Crippen LogP contribution in [0.15, 0.2) is 130 Å². The zero-order valence-corrected chi connectivity index (χ0v) is 27.3. The predicted molar refractivity (Wildman–Crippen MR) is 181 cm³/mol. The van der Waals surface area contributed by atoms with E-state index in [1.807, 2.05) is 0 Å². The van der Waals surface area contributed by atoms with Gasteiger partial charge in [-0.25, -0.2) is 0 Å². The molecule has 216 valence electrons. The average Bonchev–Trinajstić information content (AvgIpc) is 2.85. The lowest BCUT2D eigenvalue weighted by atomic mass is 9.68. The van der Waals surface area contributed by atoms with E-state index < -0.39 is 0 Å². The molecule has 0 nitrogen and oxygen atoms in total.